The fourth-order valence-electron chi connectivity index (χ4n) is 4.09. The van der Waals surface area contributed by atoms with Crippen molar-refractivity contribution in [3.05, 3.63) is 66.2 Å². The third-order valence-electron chi connectivity index (χ3n) is 6.90. The summed E-state index contributed by atoms with van der Waals surface area (Å²) < 4.78 is 13.2. The maximum absolute atomic E-state index is 6.59. The van der Waals surface area contributed by atoms with Gasteiger partial charge in [0.2, 0.25) is 16.6 Å². The van der Waals surface area contributed by atoms with Gasteiger partial charge in [-0.2, -0.15) is 0 Å². The Bertz CT molecular complexity index is 739. The Hall–Kier alpha value is -1.79. The minimum Gasteiger partial charge on any atom is -0.543 e. The molecule has 2 aromatic rings. The van der Waals surface area contributed by atoms with E-state index in [-0.39, 0.29) is 0 Å². The molecule has 164 valence electrons. The molecule has 0 radical (unpaired) electrons. The van der Waals surface area contributed by atoms with Crippen LogP contribution in [0.3, 0.4) is 0 Å². The van der Waals surface area contributed by atoms with Crippen molar-refractivity contribution in [2.75, 3.05) is 0 Å². The van der Waals surface area contributed by atoms with E-state index in [1.165, 1.54) is 0 Å². The molecule has 0 saturated heterocycles. The summed E-state index contributed by atoms with van der Waals surface area (Å²) in [5.41, 5.74) is 3.24. The summed E-state index contributed by atoms with van der Waals surface area (Å²) in [6.07, 6.45) is 0. The van der Waals surface area contributed by atoms with Crippen LogP contribution in [-0.4, -0.2) is 16.6 Å². The average Bonchev–Trinajstić information content (AvgIpc) is 2.81. The van der Waals surface area contributed by atoms with Crippen molar-refractivity contribution in [1.29, 1.82) is 0 Å². The second-order valence-electron chi connectivity index (χ2n) is 8.23. The third-order valence-corrected chi connectivity index (χ3v) is 16.0. The molecule has 0 aliphatic heterocycles. The molecule has 2 aromatic carbocycles. The van der Waals surface area contributed by atoms with Crippen LogP contribution in [0.1, 0.15) is 52.7 Å². The molecule has 4 heteroatoms. The van der Waals surface area contributed by atoms with Crippen LogP contribution < -0.4 is 8.85 Å². The van der Waals surface area contributed by atoms with Gasteiger partial charge < -0.3 is 8.85 Å². The van der Waals surface area contributed by atoms with E-state index in [0.717, 1.165) is 64.5 Å². The van der Waals surface area contributed by atoms with Gasteiger partial charge in [0.05, 0.1) is 0 Å². The molecule has 0 unspecified atom stereocenters. The van der Waals surface area contributed by atoms with E-state index in [4.69, 9.17) is 8.85 Å². The molecule has 0 N–H and O–H groups in total. The maximum atomic E-state index is 6.59. The van der Waals surface area contributed by atoms with Gasteiger partial charge in [-0.25, -0.2) is 0 Å². The quantitative estimate of drug-likeness (QED) is 0.308. The highest BCUT2D eigenvalue weighted by molar-refractivity contribution is 6.74. The Kier molecular flexibility index (Phi) is 8.98. The van der Waals surface area contributed by atoms with E-state index in [1.807, 2.05) is 0 Å². The van der Waals surface area contributed by atoms with Gasteiger partial charge in [0, 0.05) is 0 Å². The lowest BCUT2D eigenvalue weighted by molar-refractivity contribution is 0.532. The van der Waals surface area contributed by atoms with Gasteiger partial charge in [-0.1, -0.05) is 72.4 Å². The Balaban J connectivity index is 2.27. The van der Waals surface area contributed by atoms with E-state index in [9.17, 15) is 0 Å². The first-order valence-electron chi connectivity index (χ1n) is 11.7. The van der Waals surface area contributed by atoms with Gasteiger partial charge >= 0.3 is 0 Å². The molecule has 2 rings (SSSR count). The van der Waals surface area contributed by atoms with Crippen LogP contribution in [0.2, 0.25) is 36.3 Å². The zero-order chi connectivity index (χ0) is 22.2. The largest absolute Gasteiger partial charge is 0.543 e. The molecule has 0 saturated carbocycles. The van der Waals surface area contributed by atoms with Gasteiger partial charge in [-0.05, 0) is 77.2 Å². The smallest absolute Gasteiger partial charge is 0.250 e. The van der Waals surface area contributed by atoms with Gasteiger partial charge in [-0.3, -0.25) is 0 Å². The van der Waals surface area contributed by atoms with Gasteiger partial charge in [0.1, 0.15) is 11.5 Å². The molecule has 0 aliphatic carbocycles. The molecule has 0 amide bonds. The first-order chi connectivity index (χ1) is 14.4. The minimum atomic E-state index is -1.69. The van der Waals surface area contributed by atoms with E-state index in [0.29, 0.717) is 0 Å². The Morgan fingerprint density at radius 1 is 0.633 bits per heavy atom. The van der Waals surface area contributed by atoms with Crippen LogP contribution in [0.15, 0.2) is 55.1 Å². The summed E-state index contributed by atoms with van der Waals surface area (Å²) in [4.78, 5) is 0. The lowest BCUT2D eigenvalue weighted by Crippen LogP contribution is -2.39. The zero-order valence-electron chi connectivity index (χ0n) is 19.9. The number of hydrogen-bond acceptors (Lipinski definition) is 2. The first-order valence-corrected chi connectivity index (χ1v) is 16.7. The van der Waals surface area contributed by atoms with Crippen LogP contribution >= 0.6 is 0 Å². The Morgan fingerprint density at radius 2 is 0.967 bits per heavy atom. The normalized spacial score (nSPS) is 11.9. The second kappa shape index (κ2) is 11.0. The summed E-state index contributed by atoms with van der Waals surface area (Å²) >= 11 is 0. The molecule has 2 nitrogen and oxygen atoms in total. The number of hydrogen-bond donors (Lipinski definition) is 0. The predicted octanol–water partition coefficient (Wildman–Crippen LogP) is 8.52. The lowest BCUT2D eigenvalue weighted by Gasteiger charge is -2.29. The molecular formula is C26H40O2Si2. The van der Waals surface area contributed by atoms with Gasteiger partial charge in [0.25, 0.3) is 0 Å². The van der Waals surface area contributed by atoms with Crippen molar-refractivity contribution >= 4 is 22.2 Å². The van der Waals surface area contributed by atoms with Gasteiger partial charge in [-0.15, -0.1) is 0 Å². The van der Waals surface area contributed by atoms with E-state index < -0.39 is 16.6 Å². The van der Waals surface area contributed by atoms with Crippen molar-refractivity contribution in [3.63, 3.8) is 0 Å². The summed E-state index contributed by atoms with van der Waals surface area (Å²) in [6.45, 7) is 18.0. The Labute approximate surface area is 186 Å². The molecular weight excluding hydrogens is 400 g/mol. The van der Waals surface area contributed by atoms with E-state index in [1.54, 1.807) is 0 Å². The molecule has 0 spiro atoms. The van der Waals surface area contributed by atoms with Crippen LogP contribution in [0.25, 0.3) is 5.57 Å². The summed E-state index contributed by atoms with van der Waals surface area (Å²) in [6, 6.07) is 23.7. The monoisotopic (exact) mass is 440 g/mol. The van der Waals surface area contributed by atoms with E-state index in [2.05, 4.69) is 96.7 Å². The van der Waals surface area contributed by atoms with Crippen molar-refractivity contribution in [3.8, 4) is 11.5 Å². The Morgan fingerprint density at radius 3 is 1.27 bits per heavy atom. The van der Waals surface area contributed by atoms with Gasteiger partial charge in [0.15, 0.2) is 0 Å². The molecule has 0 atom stereocenters. The topological polar surface area (TPSA) is 18.5 Å². The minimum absolute atomic E-state index is 0.979. The predicted molar refractivity (Wildman–Crippen MR) is 137 cm³/mol. The van der Waals surface area contributed by atoms with Crippen LogP contribution in [-0.2, 0) is 0 Å². The molecule has 0 aliphatic rings. The number of rotatable bonds is 12. The van der Waals surface area contributed by atoms with Crippen molar-refractivity contribution in [2.45, 2.75) is 77.8 Å². The fourth-order valence-corrected chi connectivity index (χ4v) is 9.21. The van der Waals surface area contributed by atoms with Crippen molar-refractivity contribution < 1.29 is 8.85 Å². The molecule has 0 aromatic heterocycles. The highest BCUT2D eigenvalue weighted by atomic mass is 28.4. The van der Waals surface area contributed by atoms with Crippen molar-refractivity contribution in [1.82, 2.24) is 0 Å². The van der Waals surface area contributed by atoms with Crippen LogP contribution in [0.5, 0.6) is 11.5 Å². The lowest BCUT2D eigenvalue weighted by atomic mass is 9.99. The van der Waals surface area contributed by atoms with E-state index >= 15 is 0 Å². The highest BCUT2D eigenvalue weighted by Crippen LogP contribution is 2.32. The summed E-state index contributed by atoms with van der Waals surface area (Å²) in [5.74, 6) is 1.96. The number of benzene rings is 2. The molecule has 0 heterocycles. The second-order valence-corrected chi connectivity index (χ2v) is 17.6. The highest BCUT2D eigenvalue weighted by Gasteiger charge is 2.31. The first kappa shape index (κ1) is 24.5. The fraction of sp³-hybridized carbons (Fsp3) is 0.462. The average molecular weight is 441 g/mol. The summed E-state index contributed by atoms with van der Waals surface area (Å²) in [7, 11) is -3.38. The van der Waals surface area contributed by atoms with Crippen molar-refractivity contribution in [2.24, 2.45) is 0 Å². The zero-order valence-corrected chi connectivity index (χ0v) is 21.9. The standard InChI is InChI=1S/C26H40O2Si2/c1-8-29(9-2,10-3)27-25-18-14-16-23(20-25)22(7)24-17-15-19-26(21-24)28-30(11-4,12-5)13-6/h14-21H,7-13H2,1-6H3. The van der Waals surface area contributed by atoms with Crippen LogP contribution in [0, 0.1) is 0 Å². The molecule has 0 fully saturated rings. The maximum Gasteiger partial charge on any atom is 0.250 e. The molecule has 0 bridgehead atoms. The van der Waals surface area contributed by atoms with Crippen LogP contribution in [0.4, 0.5) is 0 Å². The SMILES string of the molecule is C=C(c1cccc(O[Si](CC)(CC)CC)c1)c1cccc(O[Si](CC)(CC)CC)c1. The molecule has 30 heavy (non-hydrogen) atoms. The third kappa shape index (κ3) is 5.67. The summed E-state index contributed by atoms with van der Waals surface area (Å²) in [5, 5.41) is 0.